The smallest absolute Gasteiger partial charge is 0.0746 e. The van der Waals surface area contributed by atoms with Crippen molar-refractivity contribution < 1.29 is 0 Å². The van der Waals surface area contributed by atoms with Crippen molar-refractivity contribution in [2.24, 2.45) is 0 Å². The van der Waals surface area contributed by atoms with Gasteiger partial charge in [-0.2, -0.15) is 0 Å². The second kappa shape index (κ2) is 11.9. The predicted octanol–water partition coefficient (Wildman–Crippen LogP) is 14.1. The highest BCUT2D eigenvalue weighted by Crippen LogP contribution is 2.65. The van der Waals surface area contributed by atoms with E-state index in [2.05, 4.69) is 217 Å². The molecular weight excluding hydrogens is 675 g/mol. The van der Waals surface area contributed by atoms with Crippen LogP contribution < -0.4 is 0 Å². The molecule has 10 aromatic rings. The van der Waals surface area contributed by atoms with Gasteiger partial charge in [-0.25, -0.2) is 0 Å². The van der Waals surface area contributed by atoms with E-state index in [-0.39, 0.29) is 0 Å². The summed E-state index contributed by atoms with van der Waals surface area (Å²) in [5.74, 6) is 0. The van der Waals surface area contributed by atoms with Crippen molar-refractivity contribution in [1.82, 2.24) is 4.57 Å². The SMILES string of the molecule is c1ccc(-c2ccc3c(c2)-c2ccc(-c4ccccc4)cc2C32c3ccccc3-c3ccc4c5cc(-c6ccccc6)ccc5n(-c5ccccc5)c4c32)cc1. The molecule has 0 radical (unpaired) electrons. The van der Waals surface area contributed by atoms with Gasteiger partial charge >= 0.3 is 0 Å². The van der Waals surface area contributed by atoms with E-state index in [0.29, 0.717) is 0 Å². The van der Waals surface area contributed by atoms with E-state index in [9.17, 15) is 0 Å². The number of rotatable bonds is 4. The highest BCUT2D eigenvalue weighted by Gasteiger charge is 2.53. The molecule has 1 heteroatoms. The Labute approximate surface area is 326 Å². The van der Waals surface area contributed by atoms with E-state index in [0.717, 1.165) is 5.69 Å². The van der Waals surface area contributed by atoms with Crippen LogP contribution in [0.5, 0.6) is 0 Å². The van der Waals surface area contributed by atoms with Gasteiger partial charge in [0, 0.05) is 22.0 Å². The summed E-state index contributed by atoms with van der Waals surface area (Å²) in [6.07, 6.45) is 0. The van der Waals surface area contributed by atoms with Gasteiger partial charge in [-0.15, -0.1) is 0 Å². The summed E-state index contributed by atoms with van der Waals surface area (Å²) in [5.41, 5.74) is 21.0. The zero-order chi connectivity index (χ0) is 36.8. The molecule has 0 saturated heterocycles. The van der Waals surface area contributed by atoms with Gasteiger partial charge in [-0.1, -0.05) is 176 Å². The summed E-state index contributed by atoms with van der Waals surface area (Å²) < 4.78 is 2.54. The Morgan fingerprint density at radius 1 is 0.304 bits per heavy atom. The number of hydrogen-bond acceptors (Lipinski definition) is 0. The molecule has 56 heavy (non-hydrogen) atoms. The second-order valence-corrected chi connectivity index (χ2v) is 15.2. The Kier molecular flexibility index (Phi) is 6.62. The molecule has 9 aromatic carbocycles. The molecule has 1 aromatic heterocycles. The molecule has 0 amide bonds. The average molecular weight is 710 g/mol. The summed E-state index contributed by atoms with van der Waals surface area (Å²) in [5, 5.41) is 2.53. The quantitative estimate of drug-likeness (QED) is 0.171. The zero-order valence-electron chi connectivity index (χ0n) is 30.7. The molecule has 0 N–H and O–H groups in total. The van der Waals surface area contributed by atoms with Gasteiger partial charge in [0.1, 0.15) is 0 Å². The van der Waals surface area contributed by atoms with Crippen LogP contribution in [0.4, 0.5) is 0 Å². The molecule has 0 bridgehead atoms. The van der Waals surface area contributed by atoms with Crippen LogP contribution in [0.3, 0.4) is 0 Å². The van der Waals surface area contributed by atoms with E-state index in [1.807, 2.05) is 0 Å². The number of hydrogen-bond donors (Lipinski definition) is 0. The van der Waals surface area contributed by atoms with Crippen LogP contribution in [0.1, 0.15) is 22.3 Å². The molecule has 1 heterocycles. The molecule has 1 spiro atoms. The molecule has 1 unspecified atom stereocenters. The summed E-state index contributed by atoms with van der Waals surface area (Å²) in [6.45, 7) is 0. The molecule has 0 aliphatic heterocycles. The van der Waals surface area contributed by atoms with Crippen molar-refractivity contribution in [3.8, 4) is 61.3 Å². The maximum atomic E-state index is 2.54. The number of nitrogens with zero attached hydrogens (tertiary/aromatic N) is 1. The third-order valence-corrected chi connectivity index (χ3v) is 12.4. The van der Waals surface area contributed by atoms with E-state index in [1.54, 1.807) is 0 Å². The summed E-state index contributed by atoms with van der Waals surface area (Å²) in [6, 6.07) is 78.8. The Morgan fingerprint density at radius 3 is 1.52 bits per heavy atom. The van der Waals surface area contributed by atoms with Crippen molar-refractivity contribution in [3.05, 3.63) is 235 Å². The van der Waals surface area contributed by atoms with E-state index < -0.39 is 5.41 Å². The van der Waals surface area contributed by atoms with Crippen LogP contribution in [0.2, 0.25) is 0 Å². The van der Waals surface area contributed by atoms with E-state index in [4.69, 9.17) is 0 Å². The second-order valence-electron chi connectivity index (χ2n) is 15.2. The maximum Gasteiger partial charge on any atom is 0.0746 e. The highest BCUT2D eigenvalue weighted by molar-refractivity contribution is 6.15. The molecule has 260 valence electrons. The normalized spacial score (nSPS) is 14.9. The number of para-hydroxylation sites is 1. The van der Waals surface area contributed by atoms with Crippen molar-refractivity contribution >= 4 is 21.8 Å². The fraction of sp³-hybridized carbons (Fsp3) is 0.0182. The van der Waals surface area contributed by atoms with Gasteiger partial charge in [-0.3, -0.25) is 0 Å². The lowest BCUT2D eigenvalue weighted by atomic mass is 9.69. The first kappa shape index (κ1) is 31.2. The van der Waals surface area contributed by atoms with Gasteiger partial charge in [0.15, 0.2) is 0 Å². The third kappa shape index (κ3) is 4.26. The van der Waals surface area contributed by atoms with Gasteiger partial charge in [0.05, 0.1) is 16.4 Å². The van der Waals surface area contributed by atoms with Crippen molar-refractivity contribution in [2.45, 2.75) is 5.41 Å². The molecular formula is C55H35N. The molecule has 1 nitrogen and oxygen atoms in total. The topological polar surface area (TPSA) is 4.93 Å². The lowest BCUT2D eigenvalue weighted by Gasteiger charge is -2.32. The first-order valence-corrected chi connectivity index (χ1v) is 19.5. The van der Waals surface area contributed by atoms with Crippen LogP contribution in [0, 0.1) is 0 Å². The van der Waals surface area contributed by atoms with Crippen LogP contribution in [-0.2, 0) is 5.41 Å². The molecule has 1 atom stereocenters. The van der Waals surface area contributed by atoms with E-state index in [1.165, 1.54) is 99.7 Å². The Morgan fingerprint density at radius 2 is 0.821 bits per heavy atom. The Bertz CT molecular complexity index is 3160. The van der Waals surface area contributed by atoms with Gasteiger partial charge < -0.3 is 4.57 Å². The number of aromatic nitrogens is 1. The highest BCUT2D eigenvalue weighted by atomic mass is 15.0. The van der Waals surface area contributed by atoms with Crippen LogP contribution in [-0.4, -0.2) is 4.57 Å². The van der Waals surface area contributed by atoms with Crippen molar-refractivity contribution in [3.63, 3.8) is 0 Å². The fourth-order valence-corrected chi connectivity index (χ4v) is 10.1. The Hall–Kier alpha value is -7.22. The van der Waals surface area contributed by atoms with Gasteiger partial charge in [0.25, 0.3) is 0 Å². The number of benzene rings is 9. The van der Waals surface area contributed by atoms with E-state index >= 15 is 0 Å². The van der Waals surface area contributed by atoms with Crippen molar-refractivity contribution in [2.75, 3.05) is 0 Å². The zero-order valence-corrected chi connectivity index (χ0v) is 30.7. The minimum absolute atomic E-state index is 0.556. The first-order chi connectivity index (χ1) is 27.8. The van der Waals surface area contributed by atoms with Crippen LogP contribution in [0.15, 0.2) is 212 Å². The summed E-state index contributed by atoms with van der Waals surface area (Å²) >= 11 is 0. The summed E-state index contributed by atoms with van der Waals surface area (Å²) in [7, 11) is 0. The minimum atomic E-state index is -0.556. The summed E-state index contributed by atoms with van der Waals surface area (Å²) in [4.78, 5) is 0. The molecule has 0 saturated carbocycles. The molecule has 0 fully saturated rings. The van der Waals surface area contributed by atoms with Crippen LogP contribution >= 0.6 is 0 Å². The van der Waals surface area contributed by atoms with Crippen molar-refractivity contribution in [1.29, 1.82) is 0 Å². The first-order valence-electron chi connectivity index (χ1n) is 19.5. The van der Waals surface area contributed by atoms with Gasteiger partial charge in [0.2, 0.25) is 0 Å². The molecule has 2 aliphatic rings. The van der Waals surface area contributed by atoms with Crippen LogP contribution in [0.25, 0.3) is 83.1 Å². The number of fused-ring (bicyclic) bond motifs is 14. The largest absolute Gasteiger partial charge is 0.309 e. The Balaban J connectivity index is 1.26. The maximum absolute atomic E-state index is 2.54. The lowest BCUT2D eigenvalue weighted by molar-refractivity contribution is 0.797. The van der Waals surface area contributed by atoms with Gasteiger partial charge in [-0.05, 0) is 109 Å². The lowest BCUT2D eigenvalue weighted by Crippen LogP contribution is -2.26. The fourth-order valence-electron chi connectivity index (χ4n) is 10.1. The molecule has 12 rings (SSSR count). The standard InChI is InChI=1S/C55H35N/c1-5-15-36(16-6-1)39-26-31-50-47(33-39)44-28-25-41(38-19-9-3-10-20-38)35-51(44)55(50)49-24-14-13-23-43(49)45-29-30-46-48-34-40(37-17-7-2-8-18-37)27-32-52(48)56(54(46)53(45)55)42-21-11-4-12-22-42/h1-35H. The monoisotopic (exact) mass is 709 g/mol. The predicted molar refractivity (Wildman–Crippen MR) is 233 cm³/mol. The minimum Gasteiger partial charge on any atom is -0.309 e. The average Bonchev–Trinajstić information content (AvgIpc) is 3.88. The third-order valence-electron chi connectivity index (χ3n) is 12.4. The molecule has 2 aliphatic carbocycles.